The van der Waals surface area contributed by atoms with E-state index in [2.05, 4.69) is 66.6 Å². The highest BCUT2D eigenvalue weighted by Crippen LogP contribution is 2.24. The summed E-state index contributed by atoms with van der Waals surface area (Å²) in [6.07, 6.45) is 0.872. The molecule has 2 nitrogen and oxygen atoms in total. The van der Waals surface area contributed by atoms with Crippen molar-refractivity contribution >= 4 is 17.0 Å². The molecule has 0 radical (unpaired) electrons. The van der Waals surface area contributed by atoms with Gasteiger partial charge in [0.25, 0.3) is 0 Å². The summed E-state index contributed by atoms with van der Waals surface area (Å²) < 4.78 is 0. The molecule has 2 N–H and O–H groups in total. The Hall–Kier alpha value is -3.10. The lowest BCUT2D eigenvalue weighted by Crippen LogP contribution is -2.34. The Labute approximate surface area is 182 Å². The molecule has 0 fully saturated rings. The molecular formula is C28H34N2. The Morgan fingerprint density at radius 1 is 0.800 bits per heavy atom. The fourth-order valence-corrected chi connectivity index (χ4v) is 3.07. The van der Waals surface area contributed by atoms with Gasteiger partial charge in [-0.2, -0.15) is 0 Å². The van der Waals surface area contributed by atoms with Gasteiger partial charge in [-0.1, -0.05) is 91.5 Å². The summed E-state index contributed by atoms with van der Waals surface area (Å²) in [5.41, 5.74) is 12.7. The van der Waals surface area contributed by atoms with Gasteiger partial charge in [0.05, 0.1) is 0 Å². The first-order valence-electron chi connectivity index (χ1n) is 10.2. The monoisotopic (exact) mass is 398 g/mol. The molecule has 0 aliphatic heterocycles. The molecule has 0 atom stereocenters. The third kappa shape index (κ3) is 7.38. The van der Waals surface area contributed by atoms with Crippen LogP contribution in [0.1, 0.15) is 37.5 Å². The quantitative estimate of drug-likeness (QED) is 0.495. The molecule has 0 spiro atoms. The van der Waals surface area contributed by atoms with Crippen LogP contribution in [-0.4, -0.2) is 12.6 Å². The molecule has 3 rings (SSSR count). The van der Waals surface area contributed by atoms with Crippen LogP contribution in [0.2, 0.25) is 0 Å². The first-order valence-corrected chi connectivity index (χ1v) is 10.2. The second-order valence-corrected chi connectivity index (χ2v) is 8.35. The van der Waals surface area contributed by atoms with E-state index in [0.717, 1.165) is 28.9 Å². The molecule has 3 aromatic carbocycles. The summed E-state index contributed by atoms with van der Waals surface area (Å²) in [5.74, 6) is 0. The van der Waals surface area contributed by atoms with Crippen LogP contribution < -0.4 is 10.6 Å². The van der Waals surface area contributed by atoms with E-state index < -0.39 is 0 Å². The number of hydrogen-bond acceptors (Lipinski definition) is 2. The fraction of sp³-hybridized carbons (Fsp3) is 0.214. The number of benzene rings is 3. The van der Waals surface area contributed by atoms with Gasteiger partial charge < -0.3 is 10.6 Å². The summed E-state index contributed by atoms with van der Waals surface area (Å²) in [4.78, 5) is 2.10. The molecule has 3 aromatic rings. The Morgan fingerprint density at radius 3 is 1.67 bits per heavy atom. The lowest BCUT2D eigenvalue weighted by molar-refractivity contribution is 0.517. The van der Waals surface area contributed by atoms with Crippen molar-refractivity contribution in [1.29, 1.82) is 0 Å². The zero-order valence-corrected chi connectivity index (χ0v) is 18.7. The minimum atomic E-state index is -0.180. The smallest absolute Gasteiger partial charge is 0.0408 e. The number of allylic oxidation sites excluding steroid dienone is 1. The third-order valence-electron chi connectivity index (χ3n) is 4.76. The number of hydrogen-bond donors (Lipinski definition) is 1. The molecule has 0 aliphatic carbocycles. The highest BCUT2D eigenvalue weighted by atomic mass is 15.1. The van der Waals surface area contributed by atoms with Crippen LogP contribution in [0.3, 0.4) is 0 Å². The zero-order valence-electron chi connectivity index (χ0n) is 18.7. The summed E-state index contributed by atoms with van der Waals surface area (Å²) in [6.45, 7) is 14.1. The molecule has 0 bridgehead atoms. The van der Waals surface area contributed by atoms with Gasteiger partial charge in [0, 0.05) is 24.0 Å². The number of nitrogens with two attached hydrogens (primary N) is 1. The van der Waals surface area contributed by atoms with Gasteiger partial charge in [-0.15, -0.1) is 0 Å². The maximum atomic E-state index is 6.07. The normalized spacial score (nSPS) is 10.6. The Balaban J connectivity index is 0.000000297. The molecular weight excluding hydrogens is 364 g/mol. The van der Waals surface area contributed by atoms with Crippen LogP contribution in [0.5, 0.6) is 0 Å². The van der Waals surface area contributed by atoms with Crippen molar-refractivity contribution in [2.75, 3.05) is 11.9 Å². The average Bonchev–Trinajstić information content (AvgIpc) is 2.74. The summed E-state index contributed by atoms with van der Waals surface area (Å²) >= 11 is 0. The van der Waals surface area contributed by atoms with Crippen LogP contribution in [0.15, 0.2) is 98.1 Å². The van der Waals surface area contributed by atoms with Crippen LogP contribution >= 0.6 is 0 Å². The molecule has 0 unspecified atom stereocenters. The van der Waals surface area contributed by atoms with Crippen molar-refractivity contribution in [1.82, 2.24) is 0 Å². The van der Waals surface area contributed by atoms with Gasteiger partial charge in [-0.3, -0.25) is 0 Å². The highest BCUT2D eigenvalue weighted by Gasteiger charge is 2.12. The predicted octanol–water partition coefficient (Wildman–Crippen LogP) is 6.79. The maximum absolute atomic E-state index is 6.07. The van der Waals surface area contributed by atoms with Crippen LogP contribution in [0.25, 0.3) is 11.3 Å². The minimum Gasteiger partial charge on any atom is -0.345 e. The van der Waals surface area contributed by atoms with E-state index >= 15 is 0 Å². The third-order valence-corrected chi connectivity index (χ3v) is 4.76. The van der Waals surface area contributed by atoms with Gasteiger partial charge in [0.15, 0.2) is 0 Å². The van der Waals surface area contributed by atoms with Crippen molar-refractivity contribution in [2.45, 2.75) is 32.7 Å². The Morgan fingerprint density at radius 2 is 1.27 bits per heavy atom. The molecule has 0 aliphatic rings. The van der Waals surface area contributed by atoms with Crippen molar-refractivity contribution in [3.8, 4) is 0 Å². The van der Waals surface area contributed by atoms with Crippen molar-refractivity contribution in [3.05, 3.63) is 115 Å². The number of nitrogens with zero attached hydrogens (tertiary/aromatic N) is 1. The summed E-state index contributed by atoms with van der Waals surface area (Å²) in [5, 5.41) is 0. The molecule has 0 saturated heterocycles. The van der Waals surface area contributed by atoms with Crippen LogP contribution in [-0.2, 0) is 6.42 Å². The van der Waals surface area contributed by atoms with E-state index in [-0.39, 0.29) is 5.54 Å². The molecule has 0 saturated carbocycles. The lowest BCUT2D eigenvalue weighted by atomic mass is 9.96. The SMILES string of the molecule is C=C(C)c1ccccc1.C=C(c1ccccc1)N(C)c1ccc(CC(C)(C)N)cc1. The molecule has 156 valence electrons. The topological polar surface area (TPSA) is 29.3 Å². The first-order chi connectivity index (χ1) is 14.2. The van der Waals surface area contributed by atoms with Gasteiger partial charge in [0.2, 0.25) is 0 Å². The largest absolute Gasteiger partial charge is 0.345 e. The Kier molecular flexibility index (Phi) is 8.20. The molecule has 0 heterocycles. The van der Waals surface area contributed by atoms with Crippen molar-refractivity contribution < 1.29 is 0 Å². The van der Waals surface area contributed by atoms with Gasteiger partial charge >= 0.3 is 0 Å². The highest BCUT2D eigenvalue weighted by molar-refractivity contribution is 5.77. The van der Waals surface area contributed by atoms with Gasteiger partial charge in [0.1, 0.15) is 0 Å². The standard InChI is InChI=1S/C19H24N2.C9H10/c1-15(17-8-6-5-7-9-17)21(4)18-12-10-16(11-13-18)14-19(2,3)20;1-8(2)9-6-4-3-5-7-9/h5-13H,1,14,20H2,2-4H3;3-7H,1H2,2H3. The van der Waals surface area contributed by atoms with E-state index in [4.69, 9.17) is 5.73 Å². The van der Waals surface area contributed by atoms with Crippen molar-refractivity contribution in [3.63, 3.8) is 0 Å². The zero-order chi connectivity index (χ0) is 22.1. The molecule has 30 heavy (non-hydrogen) atoms. The van der Waals surface area contributed by atoms with E-state index in [0.29, 0.717) is 0 Å². The second kappa shape index (κ2) is 10.6. The fourth-order valence-electron chi connectivity index (χ4n) is 3.07. The van der Waals surface area contributed by atoms with Gasteiger partial charge in [-0.25, -0.2) is 0 Å². The van der Waals surface area contributed by atoms with Crippen LogP contribution in [0.4, 0.5) is 5.69 Å². The predicted molar refractivity (Wildman–Crippen MR) is 133 cm³/mol. The van der Waals surface area contributed by atoms with E-state index in [1.54, 1.807) is 0 Å². The average molecular weight is 399 g/mol. The summed E-state index contributed by atoms with van der Waals surface area (Å²) in [7, 11) is 2.04. The van der Waals surface area contributed by atoms with Crippen LogP contribution in [0, 0.1) is 0 Å². The molecule has 0 aromatic heterocycles. The maximum Gasteiger partial charge on any atom is 0.0408 e. The van der Waals surface area contributed by atoms with E-state index in [1.165, 1.54) is 11.1 Å². The van der Waals surface area contributed by atoms with E-state index in [1.807, 2.05) is 64.2 Å². The number of anilines is 1. The van der Waals surface area contributed by atoms with Gasteiger partial charge in [-0.05, 0) is 56.0 Å². The lowest BCUT2D eigenvalue weighted by Gasteiger charge is -2.23. The number of rotatable bonds is 6. The van der Waals surface area contributed by atoms with Crippen molar-refractivity contribution in [2.24, 2.45) is 5.73 Å². The molecule has 2 heteroatoms. The second-order valence-electron chi connectivity index (χ2n) is 8.35. The molecule has 0 amide bonds. The summed E-state index contributed by atoms with van der Waals surface area (Å²) in [6, 6.07) is 28.9. The Bertz CT molecular complexity index is 933. The first kappa shape index (κ1) is 23.2. The van der Waals surface area contributed by atoms with E-state index in [9.17, 15) is 0 Å². The minimum absolute atomic E-state index is 0.180.